The number of hydrogen-bond acceptors (Lipinski definition) is 3. The summed E-state index contributed by atoms with van der Waals surface area (Å²) in [4.78, 5) is 27.2. The number of unbranched alkanes of at least 4 members (excludes halogenated alkanes) is 1. The van der Waals surface area contributed by atoms with Crippen molar-refractivity contribution in [2.24, 2.45) is 0 Å². The molecule has 0 aliphatic carbocycles. The van der Waals surface area contributed by atoms with Crippen molar-refractivity contribution >= 4 is 50.9 Å². The number of halogens is 3. The zero-order valence-electron chi connectivity index (χ0n) is 17.9. The minimum absolute atomic E-state index is 0.0996. The van der Waals surface area contributed by atoms with Crippen molar-refractivity contribution in [3.63, 3.8) is 0 Å². The van der Waals surface area contributed by atoms with Crippen molar-refractivity contribution in [2.45, 2.75) is 46.2 Å². The molecular formula is C23H27BrCl2N2O3. The Morgan fingerprint density at radius 1 is 1.19 bits per heavy atom. The molecular weight excluding hydrogens is 503 g/mol. The maximum Gasteiger partial charge on any atom is 0.261 e. The predicted octanol–water partition coefficient (Wildman–Crippen LogP) is 5.78. The maximum absolute atomic E-state index is 13.1. The fourth-order valence-corrected chi connectivity index (χ4v) is 3.67. The first-order chi connectivity index (χ1) is 14.7. The number of amides is 2. The summed E-state index contributed by atoms with van der Waals surface area (Å²) >= 11 is 16.1. The van der Waals surface area contributed by atoms with E-state index in [0.717, 1.165) is 22.9 Å². The molecule has 2 aromatic rings. The summed E-state index contributed by atoms with van der Waals surface area (Å²) in [6.45, 7) is 6.12. The standard InChI is InChI=1S/C23H27BrCl2N2O3/c1-4-5-11-27-23(30)16(3)28(13-18-20(25)7-6-8-21(18)26)22(29)14-31-17-9-10-19(24)15(2)12-17/h6-10,12,16H,4-5,11,13-14H2,1-3H3,(H,27,30)/t16-/m0/s1. The molecule has 0 saturated heterocycles. The lowest BCUT2D eigenvalue weighted by Crippen LogP contribution is -2.49. The first kappa shape index (κ1) is 25.5. The molecule has 0 unspecified atom stereocenters. The van der Waals surface area contributed by atoms with E-state index in [1.165, 1.54) is 4.90 Å². The Morgan fingerprint density at radius 3 is 2.48 bits per heavy atom. The summed E-state index contributed by atoms with van der Waals surface area (Å²) in [7, 11) is 0. The number of benzene rings is 2. The van der Waals surface area contributed by atoms with Crippen molar-refractivity contribution < 1.29 is 14.3 Å². The van der Waals surface area contributed by atoms with Crippen LogP contribution in [0, 0.1) is 6.92 Å². The molecule has 2 rings (SSSR count). The van der Waals surface area contributed by atoms with Gasteiger partial charge < -0.3 is 15.0 Å². The Kier molecular flexibility index (Phi) is 10.1. The van der Waals surface area contributed by atoms with E-state index in [1.54, 1.807) is 31.2 Å². The number of ether oxygens (including phenoxy) is 1. The van der Waals surface area contributed by atoms with Crippen LogP contribution in [-0.2, 0) is 16.1 Å². The van der Waals surface area contributed by atoms with Crippen LogP contribution in [0.15, 0.2) is 40.9 Å². The quantitative estimate of drug-likeness (QED) is 0.397. The number of nitrogens with zero attached hydrogens (tertiary/aromatic N) is 1. The number of carbonyl (C=O) groups is 2. The van der Waals surface area contributed by atoms with E-state index < -0.39 is 6.04 Å². The predicted molar refractivity (Wildman–Crippen MR) is 129 cm³/mol. The molecule has 2 amide bonds. The number of aryl methyl sites for hydroxylation is 1. The molecule has 0 aliphatic heterocycles. The van der Waals surface area contributed by atoms with E-state index >= 15 is 0 Å². The van der Waals surface area contributed by atoms with E-state index in [4.69, 9.17) is 27.9 Å². The Balaban J connectivity index is 2.19. The topological polar surface area (TPSA) is 58.6 Å². The van der Waals surface area contributed by atoms with Gasteiger partial charge in [-0.2, -0.15) is 0 Å². The van der Waals surface area contributed by atoms with Gasteiger partial charge in [0.25, 0.3) is 5.91 Å². The van der Waals surface area contributed by atoms with Crippen LogP contribution < -0.4 is 10.1 Å². The molecule has 0 heterocycles. The van der Waals surface area contributed by atoms with Crippen LogP contribution in [0.4, 0.5) is 0 Å². The third kappa shape index (κ3) is 7.41. The van der Waals surface area contributed by atoms with E-state index in [9.17, 15) is 9.59 Å². The fourth-order valence-electron chi connectivity index (χ4n) is 2.91. The highest BCUT2D eigenvalue weighted by Gasteiger charge is 2.27. The van der Waals surface area contributed by atoms with E-state index in [1.807, 2.05) is 26.0 Å². The number of rotatable bonds is 10. The molecule has 0 bridgehead atoms. The number of carbonyl (C=O) groups excluding carboxylic acids is 2. The molecule has 0 saturated carbocycles. The fraction of sp³-hybridized carbons (Fsp3) is 0.391. The van der Waals surface area contributed by atoms with Crippen molar-refractivity contribution in [1.29, 1.82) is 0 Å². The smallest absolute Gasteiger partial charge is 0.261 e. The normalized spacial score (nSPS) is 11.7. The number of hydrogen-bond donors (Lipinski definition) is 1. The summed E-state index contributed by atoms with van der Waals surface area (Å²) in [5.41, 5.74) is 1.58. The van der Waals surface area contributed by atoms with Crippen molar-refractivity contribution in [2.75, 3.05) is 13.2 Å². The summed E-state index contributed by atoms with van der Waals surface area (Å²) < 4.78 is 6.66. The van der Waals surface area contributed by atoms with E-state index in [2.05, 4.69) is 21.2 Å². The van der Waals surface area contributed by atoms with Crippen LogP contribution in [-0.4, -0.2) is 35.9 Å². The van der Waals surface area contributed by atoms with Crippen LogP contribution in [0.3, 0.4) is 0 Å². The van der Waals surface area contributed by atoms with Crippen molar-refractivity contribution in [1.82, 2.24) is 10.2 Å². The van der Waals surface area contributed by atoms with Gasteiger partial charge in [-0.3, -0.25) is 9.59 Å². The van der Waals surface area contributed by atoms with E-state index in [0.29, 0.717) is 27.9 Å². The first-order valence-electron chi connectivity index (χ1n) is 10.1. The second kappa shape index (κ2) is 12.3. The Bertz CT molecular complexity index is 903. The molecule has 8 heteroatoms. The largest absolute Gasteiger partial charge is 0.484 e. The van der Waals surface area contributed by atoms with Crippen LogP contribution in [0.2, 0.25) is 10.0 Å². The van der Waals surface area contributed by atoms with Gasteiger partial charge in [0.1, 0.15) is 11.8 Å². The van der Waals surface area contributed by atoms with Crippen LogP contribution in [0.5, 0.6) is 5.75 Å². The van der Waals surface area contributed by atoms with Crippen molar-refractivity contribution in [3.05, 3.63) is 62.0 Å². The van der Waals surface area contributed by atoms with Crippen LogP contribution in [0.1, 0.15) is 37.8 Å². The second-order valence-electron chi connectivity index (χ2n) is 7.24. The molecule has 5 nitrogen and oxygen atoms in total. The average Bonchev–Trinajstić information content (AvgIpc) is 2.74. The molecule has 168 valence electrons. The highest BCUT2D eigenvalue weighted by atomic mass is 79.9. The zero-order valence-corrected chi connectivity index (χ0v) is 21.0. The van der Waals surface area contributed by atoms with Gasteiger partial charge in [0.15, 0.2) is 6.61 Å². The van der Waals surface area contributed by atoms with Crippen molar-refractivity contribution in [3.8, 4) is 5.75 Å². The Morgan fingerprint density at radius 2 is 1.87 bits per heavy atom. The molecule has 0 fully saturated rings. The number of nitrogens with one attached hydrogen (secondary N) is 1. The molecule has 0 radical (unpaired) electrons. The lowest BCUT2D eigenvalue weighted by Gasteiger charge is -2.29. The monoisotopic (exact) mass is 528 g/mol. The van der Waals surface area contributed by atoms with Gasteiger partial charge in [0.05, 0.1) is 0 Å². The van der Waals surface area contributed by atoms with E-state index in [-0.39, 0.29) is 25.0 Å². The summed E-state index contributed by atoms with van der Waals surface area (Å²) in [5.74, 6) is 0.00369. The van der Waals surface area contributed by atoms with Gasteiger partial charge in [-0.1, -0.05) is 58.5 Å². The zero-order chi connectivity index (χ0) is 23.0. The van der Waals surface area contributed by atoms with Crippen LogP contribution in [0.25, 0.3) is 0 Å². The minimum atomic E-state index is -0.716. The molecule has 0 aromatic heterocycles. The lowest BCUT2D eigenvalue weighted by molar-refractivity contribution is -0.142. The van der Waals surface area contributed by atoms with Gasteiger partial charge in [0.2, 0.25) is 5.91 Å². The Labute approximate surface area is 202 Å². The Hall–Kier alpha value is -1.76. The second-order valence-corrected chi connectivity index (χ2v) is 8.91. The maximum atomic E-state index is 13.1. The molecule has 2 aromatic carbocycles. The van der Waals surface area contributed by atoms with Gasteiger partial charge >= 0.3 is 0 Å². The SMILES string of the molecule is CCCCNC(=O)[C@H](C)N(Cc1c(Cl)cccc1Cl)C(=O)COc1ccc(Br)c(C)c1. The molecule has 1 atom stereocenters. The third-order valence-electron chi connectivity index (χ3n) is 4.88. The summed E-state index contributed by atoms with van der Waals surface area (Å²) in [6, 6.07) is 9.91. The van der Waals surface area contributed by atoms with Gasteiger partial charge in [-0.15, -0.1) is 0 Å². The van der Waals surface area contributed by atoms with Gasteiger partial charge in [-0.05, 0) is 56.2 Å². The molecule has 31 heavy (non-hydrogen) atoms. The first-order valence-corrected chi connectivity index (χ1v) is 11.7. The average molecular weight is 530 g/mol. The minimum Gasteiger partial charge on any atom is -0.484 e. The molecule has 0 aliphatic rings. The molecule has 1 N–H and O–H groups in total. The molecule has 0 spiro atoms. The third-order valence-corrected chi connectivity index (χ3v) is 6.48. The highest BCUT2D eigenvalue weighted by Crippen LogP contribution is 2.27. The van der Waals surface area contributed by atoms with Gasteiger partial charge in [0, 0.05) is 33.2 Å². The highest BCUT2D eigenvalue weighted by molar-refractivity contribution is 9.10. The van der Waals surface area contributed by atoms with Gasteiger partial charge in [-0.25, -0.2) is 0 Å². The summed E-state index contributed by atoms with van der Waals surface area (Å²) in [6.07, 6.45) is 1.84. The lowest BCUT2D eigenvalue weighted by atomic mass is 10.1. The summed E-state index contributed by atoms with van der Waals surface area (Å²) in [5, 5.41) is 3.75. The van der Waals surface area contributed by atoms with Crippen LogP contribution >= 0.6 is 39.1 Å².